The number of anilines is 2. The Morgan fingerprint density at radius 3 is 1.29 bits per heavy atom. The van der Waals surface area contributed by atoms with Crippen molar-refractivity contribution in [2.75, 3.05) is 36.2 Å². The maximum absolute atomic E-state index is 12.9. The van der Waals surface area contributed by atoms with E-state index in [1.54, 1.807) is 0 Å². The van der Waals surface area contributed by atoms with Crippen molar-refractivity contribution in [1.82, 2.24) is 0 Å². The SMILES string of the molecule is Nc1c(N=Nc2ccc(S(=O)(=O)CCOSOO[O-])cc2S(=O)(=O)[O-])cc(N=Nc2ccc(S(=O)(=O)CCOSOO[O-])cc2S(=O)(=O)[O-])c(N)c1N=Nc1cc(S(=O)(=O)[O-])c2cccc(OSOO[O-])c2c1.[Na+].[Na+].[Na+].[Na+].[Na+].[Na+]. The maximum Gasteiger partial charge on any atom is 1.00 e. The smallest absolute Gasteiger partial charge is 0.744 e. The van der Waals surface area contributed by atoms with Gasteiger partial charge in [0.1, 0.15) is 64.5 Å². The minimum Gasteiger partial charge on any atom is -0.744 e. The molecule has 0 aliphatic heterocycles. The summed E-state index contributed by atoms with van der Waals surface area (Å²) in [5.41, 5.74) is 7.53. The van der Waals surface area contributed by atoms with E-state index in [-0.39, 0.29) is 231 Å². The molecular formula is C32H24N8Na6O25S8. The second-order valence-corrected chi connectivity index (χ2v) is 22.8. The molecule has 4 N–H and O–H groups in total. The average molecular weight is 1320 g/mol. The predicted octanol–water partition coefficient (Wildman–Crippen LogP) is -15.7. The van der Waals surface area contributed by atoms with E-state index in [2.05, 4.69) is 67.2 Å². The number of benzene rings is 5. The maximum atomic E-state index is 12.9. The van der Waals surface area contributed by atoms with Crippen LogP contribution in [0.3, 0.4) is 0 Å². The van der Waals surface area contributed by atoms with Crippen molar-refractivity contribution >= 4 is 143 Å². The summed E-state index contributed by atoms with van der Waals surface area (Å²) in [7, 11) is -25.3. The molecule has 47 heteroatoms. The van der Waals surface area contributed by atoms with E-state index < -0.39 is 145 Å². The van der Waals surface area contributed by atoms with Crippen molar-refractivity contribution in [3.63, 3.8) is 0 Å². The third kappa shape index (κ3) is 24.1. The number of rotatable bonds is 27. The zero-order valence-corrected chi connectivity index (χ0v) is 59.6. The molecule has 0 fully saturated rings. The van der Waals surface area contributed by atoms with E-state index in [4.69, 9.17) is 15.7 Å². The van der Waals surface area contributed by atoms with Crippen LogP contribution in [0.1, 0.15) is 0 Å². The van der Waals surface area contributed by atoms with E-state index in [0.29, 0.717) is 12.1 Å². The zero-order valence-electron chi connectivity index (χ0n) is 41.1. The first-order valence-electron chi connectivity index (χ1n) is 18.3. The molecule has 5 rings (SSSR count). The summed E-state index contributed by atoms with van der Waals surface area (Å²) in [6.45, 7) is -1.27. The van der Waals surface area contributed by atoms with Crippen molar-refractivity contribution in [2.45, 2.75) is 24.5 Å². The van der Waals surface area contributed by atoms with Gasteiger partial charge in [0, 0.05) is 10.8 Å². The van der Waals surface area contributed by atoms with E-state index in [1.807, 2.05) is 0 Å². The summed E-state index contributed by atoms with van der Waals surface area (Å²) in [4.78, 5) is -4.82. The molecule has 79 heavy (non-hydrogen) atoms. The van der Waals surface area contributed by atoms with Gasteiger partial charge in [-0.3, -0.25) is 23.5 Å². The van der Waals surface area contributed by atoms with Crippen LogP contribution in [0, 0.1) is 0 Å². The Labute approximate surface area is 593 Å². The molecule has 0 aliphatic carbocycles. The normalized spacial score (nSPS) is 12.0. The molecule has 0 saturated heterocycles. The molecular weight excluding hydrogens is 1290 g/mol. The fourth-order valence-corrected chi connectivity index (χ4v) is 10.8. The van der Waals surface area contributed by atoms with Crippen LogP contribution in [-0.2, 0) is 86.5 Å². The third-order valence-corrected chi connectivity index (χ3v) is 15.7. The molecule has 33 nitrogen and oxygen atoms in total. The van der Waals surface area contributed by atoms with Crippen LogP contribution in [-0.4, -0.2) is 80.5 Å². The Kier molecular flexibility index (Phi) is 38.8. The van der Waals surface area contributed by atoms with Crippen molar-refractivity contribution in [1.29, 1.82) is 0 Å². The fourth-order valence-electron chi connectivity index (χ4n) is 5.57. The van der Waals surface area contributed by atoms with Gasteiger partial charge in [-0.2, -0.15) is 5.11 Å². The third-order valence-electron chi connectivity index (χ3n) is 8.68. The minimum absolute atomic E-state index is 0. The summed E-state index contributed by atoms with van der Waals surface area (Å²) in [5, 5.41) is 62.1. The van der Waals surface area contributed by atoms with Crippen molar-refractivity contribution in [3.05, 3.63) is 72.8 Å². The number of fused-ring (bicyclic) bond motifs is 1. The molecule has 5 aromatic rings. The quantitative estimate of drug-likeness (QED) is 0.00720. The van der Waals surface area contributed by atoms with E-state index in [9.17, 15) is 71.5 Å². The van der Waals surface area contributed by atoms with E-state index in [1.165, 1.54) is 18.2 Å². The first-order valence-corrected chi connectivity index (χ1v) is 27.8. The Bertz CT molecular complexity index is 3390. The molecule has 0 aliphatic rings. The molecule has 396 valence electrons. The Hall–Kier alpha value is 0.800. The van der Waals surface area contributed by atoms with E-state index >= 15 is 0 Å². The molecule has 0 aromatic heterocycles. The fraction of sp³-hybridized carbons (Fsp3) is 0.125. The molecule has 0 saturated carbocycles. The summed E-state index contributed by atoms with van der Waals surface area (Å²) in [6, 6.07) is 10.5. The van der Waals surface area contributed by atoms with Crippen molar-refractivity contribution in [3.8, 4) is 5.75 Å². The van der Waals surface area contributed by atoms with Gasteiger partial charge < -0.3 is 45.1 Å². The number of nitrogens with two attached hydrogens (primary N) is 2. The molecule has 0 radical (unpaired) electrons. The first-order chi connectivity index (χ1) is 34.3. The number of nitrogen functional groups attached to an aromatic ring is 2. The Morgan fingerprint density at radius 2 is 0.873 bits per heavy atom. The van der Waals surface area contributed by atoms with Gasteiger partial charge in [0.2, 0.25) is 0 Å². The average Bonchev–Trinajstić information content (AvgIpc) is 3.32. The van der Waals surface area contributed by atoms with Gasteiger partial charge in [-0.15, -0.1) is 38.6 Å². The summed E-state index contributed by atoms with van der Waals surface area (Å²) >= 11 is -0.0439. The molecule has 0 unspecified atom stereocenters. The van der Waals surface area contributed by atoms with Gasteiger partial charge in [-0.05, 0) is 60.7 Å². The predicted molar refractivity (Wildman–Crippen MR) is 234 cm³/mol. The van der Waals surface area contributed by atoms with Crippen LogP contribution in [0.2, 0.25) is 0 Å². The Balaban J connectivity index is 0. The molecule has 0 heterocycles. The van der Waals surface area contributed by atoms with Crippen LogP contribution in [0.15, 0.2) is 128 Å². The molecule has 5 aromatic carbocycles. The number of sulfone groups is 2. The van der Waals surface area contributed by atoms with Crippen LogP contribution < -0.4 is 209 Å². The second-order valence-electron chi connectivity index (χ2n) is 13.1. The van der Waals surface area contributed by atoms with Gasteiger partial charge in [0.15, 0.2) is 44.3 Å². The van der Waals surface area contributed by atoms with Crippen LogP contribution in [0.5, 0.6) is 5.75 Å². The standard InChI is InChI=1S/C32H30N8O25S8.6Na/c33-30-24(38-36-22-6-4-18(14-28(22)72(51,52)53)69(44,45)10-8-57-66-63-60-41)16-25(39-37-23-7-5-19(15-29(23)73(54,55)56)70(46,47)11-9-58-67-64-61-42)31(34)32(30)40-35-17-12-21-20(27(13-17)71(48,49)50)2-1-3-26(21)59-68-65-62-43;;;;;;/h1-7,12-16,41-43H,8-11,33-34H2,(H,48,49,50)(H,51,52,53)(H,54,55,56);;;;;;/q;6*+1/p-6. The van der Waals surface area contributed by atoms with Gasteiger partial charge in [-0.1, -0.05) is 12.1 Å². The summed E-state index contributed by atoms with van der Waals surface area (Å²) in [6.07, 6.45) is 0. The van der Waals surface area contributed by atoms with E-state index in [0.717, 1.165) is 42.5 Å². The molecule has 0 bridgehead atoms. The summed E-state index contributed by atoms with van der Waals surface area (Å²) in [5.74, 6) is -1.90. The second kappa shape index (κ2) is 37.5. The number of hydrogen-bond acceptors (Lipinski definition) is 36. The van der Waals surface area contributed by atoms with Crippen molar-refractivity contribution < 1.29 is 290 Å². The number of nitrogens with zero attached hydrogens (tertiary/aromatic N) is 6. The molecule has 0 atom stereocenters. The Morgan fingerprint density at radius 1 is 0.456 bits per heavy atom. The van der Waals surface area contributed by atoms with Crippen LogP contribution in [0.4, 0.5) is 45.5 Å². The molecule has 0 amide bonds. The summed E-state index contributed by atoms with van der Waals surface area (Å²) < 4.78 is 190. The largest absolute Gasteiger partial charge is 1.00 e. The van der Waals surface area contributed by atoms with Gasteiger partial charge in [-0.25, -0.2) is 42.1 Å². The van der Waals surface area contributed by atoms with Gasteiger partial charge in [0.25, 0.3) is 12.3 Å². The van der Waals surface area contributed by atoms with Crippen molar-refractivity contribution in [2.24, 2.45) is 30.7 Å². The number of azo groups is 3. The first kappa shape index (κ1) is 81.9. The van der Waals surface area contributed by atoms with Crippen LogP contribution >= 0.6 is 37.0 Å². The minimum atomic E-state index is -5.58. The van der Waals surface area contributed by atoms with Crippen LogP contribution in [0.25, 0.3) is 10.8 Å². The van der Waals surface area contributed by atoms with Gasteiger partial charge in [0.05, 0.1) is 66.3 Å². The number of hydrogen-bond donors (Lipinski definition) is 2. The van der Waals surface area contributed by atoms with Gasteiger partial charge >= 0.3 is 177 Å². The zero-order chi connectivity index (χ0) is 53.8. The topological polar surface area (TPSA) is 518 Å². The monoisotopic (exact) mass is 1310 g/mol. The molecule has 0 spiro atoms.